The van der Waals surface area contributed by atoms with Crippen LogP contribution < -0.4 is 9.82 Å². The van der Waals surface area contributed by atoms with E-state index in [1.807, 2.05) is 19.1 Å². The molecule has 0 aliphatic carbocycles. The lowest BCUT2D eigenvalue weighted by molar-refractivity contribution is 0.414. The number of hydrogen-bond donors (Lipinski definition) is 2. The van der Waals surface area contributed by atoms with Crippen LogP contribution in [0.1, 0.15) is 32.3 Å². The molecule has 4 nitrogen and oxygen atoms in total. The highest BCUT2D eigenvalue weighted by molar-refractivity contribution is 7.55. The van der Waals surface area contributed by atoms with Gasteiger partial charge in [0.15, 0.2) is 0 Å². The van der Waals surface area contributed by atoms with Gasteiger partial charge in [0.1, 0.15) is 5.75 Å². The summed E-state index contributed by atoms with van der Waals surface area (Å²) in [6.07, 6.45) is 2.04. The molecule has 2 N–H and O–H groups in total. The number of nitrogens with one attached hydrogen (secondary N) is 1. The largest absolute Gasteiger partial charge is 0.497 e. The molecule has 0 amide bonds. The highest BCUT2D eigenvalue weighted by Crippen LogP contribution is 2.40. The quantitative estimate of drug-likeness (QED) is 0.748. The highest BCUT2D eigenvalue weighted by Gasteiger charge is 2.20. The molecule has 5 heteroatoms. The third-order valence-corrected chi connectivity index (χ3v) is 4.34. The molecule has 1 rings (SSSR count). The average molecular weight is 271 g/mol. The van der Waals surface area contributed by atoms with E-state index in [0.717, 1.165) is 24.2 Å². The molecule has 18 heavy (non-hydrogen) atoms. The van der Waals surface area contributed by atoms with Crippen molar-refractivity contribution in [3.8, 4) is 5.75 Å². The van der Waals surface area contributed by atoms with Crippen LogP contribution in [0.2, 0.25) is 0 Å². The molecule has 0 aliphatic rings. The van der Waals surface area contributed by atoms with Crippen molar-refractivity contribution in [1.82, 2.24) is 5.09 Å². The van der Waals surface area contributed by atoms with Gasteiger partial charge >= 0.3 is 0 Å². The zero-order valence-electron chi connectivity index (χ0n) is 11.2. The summed E-state index contributed by atoms with van der Waals surface area (Å²) < 4.78 is 17.1. The summed E-state index contributed by atoms with van der Waals surface area (Å²) in [5.41, 5.74) is 0.831. The molecule has 102 valence electrons. The summed E-state index contributed by atoms with van der Waals surface area (Å²) in [5, 5.41) is 2.81. The molecule has 2 unspecified atom stereocenters. The fourth-order valence-electron chi connectivity index (χ4n) is 1.87. The SMILES string of the molecule is CCCC(C)NP(=O)(O)Cc1ccc(OC)cc1. The van der Waals surface area contributed by atoms with E-state index in [0.29, 0.717) is 0 Å². The van der Waals surface area contributed by atoms with E-state index in [2.05, 4.69) is 12.0 Å². The van der Waals surface area contributed by atoms with Crippen LogP contribution in [0, 0.1) is 0 Å². The van der Waals surface area contributed by atoms with Gasteiger partial charge in [0.05, 0.1) is 13.3 Å². The summed E-state index contributed by atoms with van der Waals surface area (Å²) in [5.74, 6) is 0.749. The molecule has 2 atom stereocenters. The molecule has 1 aromatic rings. The molecule has 0 fully saturated rings. The summed E-state index contributed by atoms with van der Waals surface area (Å²) >= 11 is 0. The van der Waals surface area contributed by atoms with Crippen molar-refractivity contribution in [3.63, 3.8) is 0 Å². The van der Waals surface area contributed by atoms with Crippen molar-refractivity contribution in [2.45, 2.75) is 38.9 Å². The zero-order chi connectivity index (χ0) is 13.6. The minimum atomic E-state index is -3.31. The van der Waals surface area contributed by atoms with E-state index in [1.165, 1.54) is 0 Å². The molecule has 0 spiro atoms. The smallest absolute Gasteiger partial charge is 0.271 e. The van der Waals surface area contributed by atoms with Crippen molar-refractivity contribution < 1.29 is 14.2 Å². The van der Waals surface area contributed by atoms with Gasteiger partial charge in [-0.15, -0.1) is 0 Å². The summed E-state index contributed by atoms with van der Waals surface area (Å²) in [6.45, 7) is 3.99. The average Bonchev–Trinajstić information content (AvgIpc) is 2.29. The third-order valence-electron chi connectivity index (χ3n) is 2.70. The van der Waals surface area contributed by atoms with Crippen LogP contribution in [0.15, 0.2) is 24.3 Å². The fourth-order valence-corrected chi connectivity index (χ4v) is 3.48. The Balaban J connectivity index is 2.60. The first kappa shape index (κ1) is 15.2. The number of benzene rings is 1. The van der Waals surface area contributed by atoms with E-state index in [1.54, 1.807) is 19.2 Å². The van der Waals surface area contributed by atoms with Crippen LogP contribution in [0.4, 0.5) is 0 Å². The first-order chi connectivity index (χ1) is 8.46. The lowest BCUT2D eigenvalue weighted by atomic mass is 10.2. The number of methoxy groups -OCH3 is 1. The van der Waals surface area contributed by atoms with Gasteiger partial charge in [-0.05, 0) is 31.0 Å². The standard InChI is InChI=1S/C13H22NO3P/c1-4-5-11(2)14-18(15,16)10-12-6-8-13(17-3)9-7-12/h6-9,11H,4-5,10H2,1-3H3,(H2,14,15,16). The fraction of sp³-hybridized carbons (Fsp3) is 0.538. The van der Waals surface area contributed by atoms with Crippen LogP contribution in [0.5, 0.6) is 5.75 Å². The second-order valence-corrected chi connectivity index (χ2v) is 6.50. The topological polar surface area (TPSA) is 58.6 Å². The first-order valence-corrected chi connectivity index (χ1v) is 8.04. The van der Waals surface area contributed by atoms with Crippen molar-refractivity contribution in [3.05, 3.63) is 29.8 Å². The Bertz CT molecular complexity index is 405. The van der Waals surface area contributed by atoms with Gasteiger partial charge < -0.3 is 9.63 Å². The molecule has 0 radical (unpaired) electrons. The van der Waals surface area contributed by atoms with Crippen LogP contribution in [-0.4, -0.2) is 18.0 Å². The van der Waals surface area contributed by atoms with Crippen LogP contribution in [0.25, 0.3) is 0 Å². The van der Waals surface area contributed by atoms with Crippen molar-refractivity contribution in [1.29, 1.82) is 0 Å². The van der Waals surface area contributed by atoms with Crippen molar-refractivity contribution in [2.75, 3.05) is 7.11 Å². The Hall–Kier alpha value is -0.830. The Kier molecular flexibility index (Phi) is 5.86. The number of rotatable bonds is 7. The molecule has 1 aromatic carbocycles. The summed E-state index contributed by atoms with van der Waals surface area (Å²) in [7, 11) is -1.72. The van der Waals surface area contributed by atoms with E-state index in [9.17, 15) is 9.46 Å². The highest BCUT2D eigenvalue weighted by atomic mass is 31.2. The molecule has 0 saturated heterocycles. The zero-order valence-corrected chi connectivity index (χ0v) is 12.1. The molecular weight excluding hydrogens is 249 g/mol. The Morgan fingerprint density at radius 1 is 1.39 bits per heavy atom. The third kappa shape index (κ3) is 5.21. The second kappa shape index (κ2) is 6.93. The molecule has 0 bridgehead atoms. The first-order valence-electron chi connectivity index (χ1n) is 6.19. The van der Waals surface area contributed by atoms with Gasteiger partial charge in [-0.25, -0.2) is 5.09 Å². The van der Waals surface area contributed by atoms with Crippen molar-refractivity contribution >= 4 is 7.52 Å². The summed E-state index contributed by atoms with van der Waals surface area (Å²) in [6, 6.07) is 7.28. The predicted molar refractivity (Wildman–Crippen MR) is 74.0 cm³/mol. The number of hydrogen-bond acceptors (Lipinski definition) is 2. The Labute approximate surface area is 109 Å². The van der Waals surface area contributed by atoms with E-state index in [-0.39, 0.29) is 12.2 Å². The second-order valence-electron chi connectivity index (χ2n) is 4.53. The lowest BCUT2D eigenvalue weighted by Crippen LogP contribution is -2.23. The monoisotopic (exact) mass is 271 g/mol. The minimum absolute atomic E-state index is 0.0593. The van der Waals surface area contributed by atoms with Crippen LogP contribution in [-0.2, 0) is 10.7 Å². The van der Waals surface area contributed by atoms with E-state index in [4.69, 9.17) is 4.74 Å². The van der Waals surface area contributed by atoms with Gasteiger partial charge in [0.2, 0.25) is 0 Å². The Morgan fingerprint density at radius 3 is 2.50 bits per heavy atom. The molecule has 0 aliphatic heterocycles. The van der Waals surface area contributed by atoms with Gasteiger partial charge in [-0.1, -0.05) is 25.5 Å². The Morgan fingerprint density at radius 2 is 2.00 bits per heavy atom. The van der Waals surface area contributed by atoms with Gasteiger partial charge in [-0.2, -0.15) is 0 Å². The van der Waals surface area contributed by atoms with Gasteiger partial charge in [0, 0.05) is 6.04 Å². The molecular formula is C13H22NO3P. The van der Waals surface area contributed by atoms with Gasteiger partial charge in [-0.3, -0.25) is 4.57 Å². The van der Waals surface area contributed by atoms with E-state index >= 15 is 0 Å². The maximum Gasteiger partial charge on any atom is 0.271 e. The maximum atomic E-state index is 12.0. The normalized spacial score (nSPS) is 16.0. The van der Waals surface area contributed by atoms with Crippen LogP contribution >= 0.6 is 7.52 Å². The van der Waals surface area contributed by atoms with Gasteiger partial charge in [0.25, 0.3) is 7.52 Å². The van der Waals surface area contributed by atoms with Crippen molar-refractivity contribution in [2.24, 2.45) is 0 Å². The number of ether oxygens (including phenoxy) is 1. The molecule has 0 aromatic heterocycles. The summed E-state index contributed by atoms with van der Waals surface area (Å²) in [4.78, 5) is 9.90. The lowest BCUT2D eigenvalue weighted by Gasteiger charge is -2.18. The minimum Gasteiger partial charge on any atom is -0.497 e. The van der Waals surface area contributed by atoms with Crippen LogP contribution in [0.3, 0.4) is 0 Å². The predicted octanol–water partition coefficient (Wildman–Crippen LogP) is 3.16. The molecule has 0 heterocycles. The molecule has 0 saturated carbocycles. The maximum absolute atomic E-state index is 12.0. The van der Waals surface area contributed by atoms with E-state index < -0.39 is 7.52 Å².